The van der Waals surface area contributed by atoms with E-state index in [1.54, 1.807) is 28.1 Å². The molecule has 0 spiro atoms. The Morgan fingerprint density at radius 3 is 2.50 bits per heavy atom. The van der Waals surface area contributed by atoms with Crippen LogP contribution in [0, 0.1) is 0 Å². The van der Waals surface area contributed by atoms with E-state index in [1.165, 1.54) is 5.56 Å². The number of hydrogen-bond donors (Lipinski definition) is 2. The van der Waals surface area contributed by atoms with E-state index < -0.39 is 12.0 Å². The van der Waals surface area contributed by atoms with Crippen LogP contribution in [-0.4, -0.2) is 56.9 Å². The van der Waals surface area contributed by atoms with Crippen molar-refractivity contribution in [3.63, 3.8) is 0 Å². The Morgan fingerprint density at radius 2 is 1.82 bits per heavy atom. The van der Waals surface area contributed by atoms with E-state index in [9.17, 15) is 9.59 Å². The number of nitrogens with zero attached hydrogens (tertiary/aromatic N) is 1. The fourth-order valence-electron chi connectivity index (χ4n) is 4.80. The summed E-state index contributed by atoms with van der Waals surface area (Å²) in [4.78, 5) is 27.3. The molecule has 0 aromatic heterocycles. The fraction of sp³-hybridized carbons (Fsp3) is 0.385. The molecular formula is C26H31N3O5. The summed E-state index contributed by atoms with van der Waals surface area (Å²) in [7, 11) is 3.27. The molecule has 8 nitrogen and oxygen atoms in total. The molecule has 4 rings (SSSR count). The maximum atomic E-state index is 12.8. The quantitative estimate of drug-likeness (QED) is 0.611. The molecule has 0 bridgehead atoms. The first kappa shape index (κ1) is 23.6. The fourth-order valence-corrected chi connectivity index (χ4v) is 4.80. The second kappa shape index (κ2) is 10.2. The number of carbonyl (C=O) groups excluding carboxylic acids is 2. The molecule has 180 valence electrons. The van der Waals surface area contributed by atoms with Crippen molar-refractivity contribution in [1.29, 1.82) is 0 Å². The molecule has 0 aliphatic carbocycles. The van der Waals surface area contributed by atoms with Gasteiger partial charge in [-0.2, -0.15) is 0 Å². The lowest BCUT2D eigenvalue weighted by atomic mass is 9.87. The van der Waals surface area contributed by atoms with E-state index in [2.05, 4.69) is 27.7 Å². The third-order valence-corrected chi connectivity index (χ3v) is 6.32. The molecule has 2 aromatic carbocycles. The van der Waals surface area contributed by atoms with Crippen LogP contribution in [-0.2, 0) is 16.0 Å². The first-order chi connectivity index (χ1) is 16.5. The molecule has 0 unspecified atom stereocenters. The van der Waals surface area contributed by atoms with Gasteiger partial charge in [-0.25, -0.2) is 9.59 Å². The lowest BCUT2D eigenvalue weighted by Gasteiger charge is -2.39. The highest BCUT2D eigenvalue weighted by Gasteiger charge is 2.35. The highest BCUT2D eigenvalue weighted by Crippen LogP contribution is 2.41. The summed E-state index contributed by atoms with van der Waals surface area (Å²) in [5.41, 5.74) is 4.43. The van der Waals surface area contributed by atoms with Gasteiger partial charge in [0.25, 0.3) is 0 Å². The Kier molecular flexibility index (Phi) is 7.07. The van der Waals surface area contributed by atoms with Crippen LogP contribution in [0.3, 0.4) is 0 Å². The Morgan fingerprint density at radius 1 is 1.12 bits per heavy atom. The summed E-state index contributed by atoms with van der Waals surface area (Å²) in [5.74, 6) is 0.949. The van der Waals surface area contributed by atoms with Gasteiger partial charge in [-0.1, -0.05) is 30.3 Å². The molecule has 2 N–H and O–H groups in total. The van der Waals surface area contributed by atoms with Crippen LogP contribution in [0.4, 0.5) is 4.79 Å². The number of methoxy groups -OCH3 is 2. The summed E-state index contributed by atoms with van der Waals surface area (Å²) in [6.45, 7) is 4.95. The van der Waals surface area contributed by atoms with Crippen LogP contribution in [0.15, 0.2) is 53.7 Å². The topological polar surface area (TPSA) is 89.1 Å². The second-order valence-corrected chi connectivity index (χ2v) is 8.37. The van der Waals surface area contributed by atoms with E-state index in [0.29, 0.717) is 29.3 Å². The molecule has 8 heteroatoms. The number of nitrogens with one attached hydrogen (secondary N) is 2. The van der Waals surface area contributed by atoms with E-state index in [0.717, 1.165) is 24.1 Å². The van der Waals surface area contributed by atoms with Crippen LogP contribution in [0.5, 0.6) is 11.5 Å². The van der Waals surface area contributed by atoms with Crippen molar-refractivity contribution in [3.8, 4) is 11.5 Å². The van der Waals surface area contributed by atoms with Crippen LogP contribution < -0.4 is 20.1 Å². The maximum absolute atomic E-state index is 12.8. The Labute approximate surface area is 199 Å². The zero-order valence-corrected chi connectivity index (χ0v) is 20.0. The largest absolute Gasteiger partial charge is 0.493 e. The van der Waals surface area contributed by atoms with E-state index in [4.69, 9.17) is 14.2 Å². The third-order valence-electron chi connectivity index (χ3n) is 6.32. The van der Waals surface area contributed by atoms with Crippen molar-refractivity contribution in [1.82, 2.24) is 15.5 Å². The van der Waals surface area contributed by atoms with Crippen molar-refractivity contribution < 1.29 is 23.8 Å². The SMILES string of the molecule is CCOC(=O)C1=C(CN2CCc3cc(OC)c(OC)cc3[C@H]2c2ccccc2)NC(=O)N[C@@H]1C. The maximum Gasteiger partial charge on any atom is 0.337 e. The van der Waals surface area contributed by atoms with Crippen LogP contribution in [0.25, 0.3) is 0 Å². The molecule has 34 heavy (non-hydrogen) atoms. The summed E-state index contributed by atoms with van der Waals surface area (Å²) in [6, 6.07) is 13.4. The normalized spacial score (nSPS) is 20.2. The molecular weight excluding hydrogens is 434 g/mol. The molecule has 0 radical (unpaired) electrons. The van der Waals surface area contributed by atoms with Gasteiger partial charge >= 0.3 is 12.0 Å². The average molecular weight is 466 g/mol. The van der Waals surface area contributed by atoms with Crippen molar-refractivity contribution in [2.45, 2.75) is 32.4 Å². The molecule has 2 heterocycles. The number of fused-ring (bicyclic) bond motifs is 1. The molecule has 0 saturated heterocycles. The molecule has 2 atom stereocenters. The Hall–Kier alpha value is -3.52. The lowest BCUT2D eigenvalue weighted by Crippen LogP contribution is -2.52. The van der Waals surface area contributed by atoms with Crippen molar-refractivity contribution >= 4 is 12.0 Å². The molecule has 2 aliphatic rings. The van der Waals surface area contributed by atoms with Crippen molar-refractivity contribution in [2.24, 2.45) is 0 Å². The average Bonchev–Trinajstić information content (AvgIpc) is 2.83. The molecule has 2 amide bonds. The van der Waals surface area contributed by atoms with Crippen LogP contribution in [0.2, 0.25) is 0 Å². The first-order valence-electron chi connectivity index (χ1n) is 11.5. The zero-order chi connectivity index (χ0) is 24.2. The van der Waals surface area contributed by atoms with Gasteiger partial charge in [0.15, 0.2) is 11.5 Å². The van der Waals surface area contributed by atoms with Gasteiger partial charge in [-0.15, -0.1) is 0 Å². The number of carbonyl (C=O) groups is 2. The van der Waals surface area contributed by atoms with Crippen molar-refractivity contribution in [2.75, 3.05) is 33.9 Å². The zero-order valence-electron chi connectivity index (χ0n) is 20.0. The smallest absolute Gasteiger partial charge is 0.337 e. The van der Waals surface area contributed by atoms with Crippen molar-refractivity contribution in [3.05, 3.63) is 70.4 Å². The summed E-state index contributed by atoms with van der Waals surface area (Å²) < 4.78 is 16.4. The van der Waals surface area contributed by atoms with Gasteiger partial charge in [0.2, 0.25) is 0 Å². The third kappa shape index (κ3) is 4.59. The molecule has 2 aromatic rings. The summed E-state index contributed by atoms with van der Waals surface area (Å²) in [5, 5.41) is 5.63. The number of hydrogen-bond acceptors (Lipinski definition) is 6. The summed E-state index contributed by atoms with van der Waals surface area (Å²) in [6.07, 6.45) is 0.794. The minimum Gasteiger partial charge on any atom is -0.493 e. The first-order valence-corrected chi connectivity index (χ1v) is 11.5. The van der Waals surface area contributed by atoms with Gasteiger partial charge < -0.3 is 24.8 Å². The van der Waals surface area contributed by atoms with Gasteiger partial charge in [0.05, 0.1) is 38.5 Å². The number of ether oxygens (including phenoxy) is 3. The number of amides is 2. The molecule has 2 aliphatic heterocycles. The summed E-state index contributed by atoms with van der Waals surface area (Å²) >= 11 is 0. The number of benzene rings is 2. The number of rotatable bonds is 7. The predicted octanol–water partition coefficient (Wildman–Crippen LogP) is 3.17. The highest BCUT2D eigenvalue weighted by molar-refractivity contribution is 5.94. The predicted molar refractivity (Wildman–Crippen MR) is 128 cm³/mol. The van der Waals surface area contributed by atoms with Gasteiger partial charge in [-0.05, 0) is 49.1 Å². The minimum absolute atomic E-state index is 0.0946. The van der Waals surface area contributed by atoms with Gasteiger partial charge in [0.1, 0.15) is 0 Å². The van der Waals surface area contributed by atoms with E-state index in [-0.39, 0.29) is 18.7 Å². The number of urea groups is 1. The van der Waals surface area contributed by atoms with E-state index >= 15 is 0 Å². The van der Waals surface area contributed by atoms with Gasteiger partial charge in [0, 0.05) is 18.8 Å². The second-order valence-electron chi connectivity index (χ2n) is 8.37. The lowest BCUT2D eigenvalue weighted by molar-refractivity contribution is -0.139. The standard InChI is InChI=1S/C26H31N3O5/c1-5-34-25(30)23-16(2)27-26(31)28-20(23)15-29-12-11-18-13-21(32-3)22(33-4)14-19(18)24(29)17-9-7-6-8-10-17/h6-10,13-14,16,24H,5,11-12,15H2,1-4H3,(H2,27,28,31)/t16-,24-/m1/s1. The highest BCUT2D eigenvalue weighted by atomic mass is 16.5. The van der Waals surface area contributed by atoms with E-state index in [1.807, 2.05) is 30.3 Å². The van der Waals surface area contributed by atoms with Crippen LogP contribution in [0.1, 0.15) is 36.6 Å². The Balaban J connectivity index is 1.79. The monoisotopic (exact) mass is 465 g/mol. The van der Waals surface area contributed by atoms with Gasteiger partial charge in [-0.3, -0.25) is 4.90 Å². The minimum atomic E-state index is -0.445. The Bertz CT molecular complexity index is 1100. The van der Waals surface area contributed by atoms with Crippen LogP contribution >= 0.6 is 0 Å². The number of esters is 1. The molecule has 0 fully saturated rings. The molecule has 0 saturated carbocycles.